The first kappa shape index (κ1) is 15.7. The van der Waals surface area contributed by atoms with Gasteiger partial charge in [0.1, 0.15) is 6.04 Å². The van der Waals surface area contributed by atoms with Gasteiger partial charge in [-0.25, -0.2) is 5.01 Å². The molecule has 130 valence electrons. The van der Waals surface area contributed by atoms with Crippen LogP contribution in [0.3, 0.4) is 0 Å². The highest BCUT2D eigenvalue weighted by molar-refractivity contribution is 6.00. The molecular formula is C23H17N3O. The lowest BCUT2D eigenvalue weighted by molar-refractivity contribution is -0.130. The Morgan fingerprint density at radius 2 is 1.52 bits per heavy atom. The maximum atomic E-state index is 13.2. The molecule has 2 atom stereocenters. The quantitative estimate of drug-likeness (QED) is 0.669. The number of carbonyl (C=O) groups excluding carboxylic acids is 1. The van der Waals surface area contributed by atoms with Gasteiger partial charge in [0.25, 0.3) is 5.91 Å². The molecule has 0 aromatic heterocycles. The van der Waals surface area contributed by atoms with Crippen molar-refractivity contribution in [2.24, 2.45) is 10.1 Å². The second-order valence-electron chi connectivity index (χ2n) is 6.66. The minimum Gasteiger partial charge on any atom is -0.270 e. The molecule has 4 heteroatoms. The zero-order valence-corrected chi connectivity index (χ0v) is 14.6. The third kappa shape index (κ3) is 2.57. The predicted molar refractivity (Wildman–Crippen MR) is 104 cm³/mol. The zero-order chi connectivity index (χ0) is 18.2. The Morgan fingerprint density at radius 3 is 2.30 bits per heavy atom. The van der Waals surface area contributed by atoms with Gasteiger partial charge in [-0.3, -0.25) is 9.79 Å². The van der Waals surface area contributed by atoms with Crippen LogP contribution in [0.2, 0.25) is 0 Å². The topological polar surface area (TPSA) is 45.0 Å². The first-order valence-corrected chi connectivity index (χ1v) is 8.97. The van der Waals surface area contributed by atoms with E-state index in [0.29, 0.717) is 0 Å². The number of fused-ring (bicyclic) bond motifs is 2. The number of hydrogen-bond acceptors (Lipinski definition) is 3. The summed E-state index contributed by atoms with van der Waals surface area (Å²) in [7, 11) is 0. The van der Waals surface area contributed by atoms with E-state index in [9.17, 15) is 4.79 Å². The molecule has 0 bridgehead atoms. The molecule has 2 aliphatic rings. The van der Waals surface area contributed by atoms with E-state index < -0.39 is 6.04 Å². The number of benzene rings is 3. The van der Waals surface area contributed by atoms with Crippen LogP contribution in [0.4, 0.5) is 0 Å². The summed E-state index contributed by atoms with van der Waals surface area (Å²) >= 11 is 0. The second-order valence-corrected chi connectivity index (χ2v) is 6.66. The molecule has 27 heavy (non-hydrogen) atoms. The average molecular weight is 351 g/mol. The fourth-order valence-corrected chi connectivity index (χ4v) is 3.80. The summed E-state index contributed by atoms with van der Waals surface area (Å²) in [6.45, 7) is 0. The molecule has 0 spiro atoms. The Morgan fingerprint density at radius 1 is 0.852 bits per heavy atom. The third-order valence-electron chi connectivity index (χ3n) is 5.02. The van der Waals surface area contributed by atoms with Crippen molar-refractivity contribution in [2.75, 3.05) is 0 Å². The third-order valence-corrected chi connectivity index (χ3v) is 5.02. The van der Waals surface area contributed by atoms with Crippen LogP contribution in [0.1, 0.15) is 17.2 Å². The Kier molecular flexibility index (Phi) is 3.68. The van der Waals surface area contributed by atoms with Gasteiger partial charge in [-0.1, -0.05) is 78.9 Å². The number of hydrazone groups is 1. The Balaban J connectivity index is 1.67. The van der Waals surface area contributed by atoms with Crippen molar-refractivity contribution in [1.82, 2.24) is 5.01 Å². The predicted octanol–water partition coefficient (Wildman–Crippen LogP) is 2.46. The maximum absolute atomic E-state index is 13.2. The summed E-state index contributed by atoms with van der Waals surface area (Å²) in [6.07, 6.45) is 1.74. The average Bonchev–Trinajstić information content (AvgIpc) is 3.23. The zero-order valence-electron chi connectivity index (χ0n) is 14.6. The largest absolute Gasteiger partial charge is 0.272 e. The molecule has 0 aliphatic carbocycles. The first-order valence-electron chi connectivity index (χ1n) is 8.97. The van der Waals surface area contributed by atoms with E-state index in [2.05, 4.69) is 10.1 Å². The van der Waals surface area contributed by atoms with Gasteiger partial charge >= 0.3 is 0 Å². The van der Waals surface area contributed by atoms with Crippen LogP contribution in [-0.2, 0) is 4.79 Å². The molecule has 1 fully saturated rings. The number of para-hydroxylation sites is 1. The number of hydrogen-bond donors (Lipinski definition) is 0. The van der Waals surface area contributed by atoms with Crippen LogP contribution in [0.5, 0.6) is 0 Å². The van der Waals surface area contributed by atoms with E-state index in [1.54, 1.807) is 11.2 Å². The van der Waals surface area contributed by atoms with E-state index in [-0.39, 0.29) is 11.9 Å². The van der Waals surface area contributed by atoms with Crippen molar-refractivity contribution in [1.29, 1.82) is 0 Å². The summed E-state index contributed by atoms with van der Waals surface area (Å²) in [5.74, 6) is -0.0813. The van der Waals surface area contributed by atoms with E-state index in [4.69, 9.17) is 0 Å². The summed E-state index contributed by atoms with van der Waals surface area (Å²) in [5, 5.41) is 8.08. The van der Waals surface area contributed by atoms with E-state index in [1.807, 2.05) is 84.9 Å². The standard InChI is InChI=1S/C23H17N3O/c27-23-21-20(18-13-7-8-14-19(18)25-21)22(17-11-5-2-6-12-17)26(23)24-15-16-9-3-1-4-10-16/h1-15,21-22H. The van der Waals surface area contributed by atoms with Crippen molar-refractivity contribution >= 4 is 17.7 Å². The van der Waals surface area contributed by atoms with E-state index >= 15 is 0 Å². The van der Waals surface area contributed by atoms with Crippen molar-refractivity contribution in [2.45, 2.75) is 12.1 Å². The molecular weight excluding hydrogens is 334 g/mol. The summed E-state index contributed by atoms with van der Waals surface area (Å²) in [5.41, 5.74) is 3.02. The van der Waals surface area contributed by atoms with E-state index in [1.165, 1.54) is 0 Å². The van der Waals surface area contributed by atoms with Gasteiger partial charge in [0.05, 0.1) is 11.6 Å². The van der Waals surface area contributed by atoms with Crippen LogP contribution in [0.25, 0.3) is 5.57 Å². The smallest absolute Gasteiger partial charge is 0.270 e. The Labute approximate surface area is 156 Å². The molecule has 0 N–H and O–H groups in total. The van der Waals surface area contributed by atoms with Gasteiger partial charge in [0, 0.05) is 10.8 Å². The van der Waals surface area contributed by atoms with Gasteiger partial charge in [0.2, 0.25) is 0 Å². The number of rotatable bonds is 3. The van der Waals surface area contributed by atoms with E-state index in [0.717, 1.165) is 27.3 Å². The minimum atomic E-state index is -0.486. The molecule has 0 radical (unpaired) electrons. The van der Waals surface area contributed by atoms with Crippen LogP contribution in [0, 0.1) is 0 Å². The summed E-state index contributed by atoms with van der Waals surface area (Å²) in [4.78, 5) is 17.8. The molecule has 2 heterocycles. The Hall–Kier alpha value is -3.53. The highest BCUT2D eigenvalue weighted by Gasteiger charge is 2.47. The monoisotopic (exact) mass is 351 g/mol. The molecule has 4 nitrogen and oxygen atoms in total. The van der Waals surface area contributed by atoms with Gasteiger partial charge in [0.15, 0.2) is 6.04 Å². The Bertz CT molecular complexity index is 1150. The molecule has 0 saturated carbocycles. The van der Waals surface area contributed by atoms with Crippen LogP contribution in [-0.4, -0.2) is 23.2 Å². The van der Waals surface area contributed by atoms with Gasteiger partial charge in [-0.2, -0.15) is 5.10 Å². The fraction of sp³-hybridized carbons (Fsp3) is 0.0870. The lowest BCUT2D eigenvalue weighted by Crippen LogP contribution is -2.29. The van der Waals surface area contributed by atoms with Crippen LogP contribution >= 0.6 is 0 Å². The summed E-state index contributed by atoms with van der Waals surface area (Å²) < 4.78 is 0. The van der Waals surface area contributed by atoms with Crippen LogP contribution < -0.4 is 10.6 Å². The number of amides is 1. The normalized spacial score (nSPS) is 20.7. The highest BCUT2D eigenvalue weighted by atomic mass is 16.2. The number of carbonyl (C=O) groups is 1. The molecule has 3 aromatic carbocycles. The van der Waals surface area contributed by atoms with Gasteiger partial charge in [-0.05, 0) is 17.2 Å². The minimum absolute atomic E-state index is 0.0813. The SMILES string of the molecule is O=C1C2N=c3ccccc3=C2C(c2ccccc2)N1N=Cc1ccccc1. The molecule has 1 saturated heterocycles. The number of nitrogens with zero attached hydrogens (tertiary/aromatic N) is 3. The van der Waals surface area contributed by atoms with Crippen LogP contribution in [0.15, 0.2) is 95.0 Å². The molecule has 3 aromatic rings. The van der Waals surface area contributed by atoms with Crippen molar-refractivity contribution in [3.63, 3.8) is 0 Å². The fourth-order valence-electron chi connectivity index (χ4n) is 3.80. The summed E-state index contributed by atoms with van der Waals surface area (Å²) in [6, 6.07) is 27.1. The maximum Gasteiger partial charge on any atom is 0.272 e. The van der Waals surface area contributed by atoms with Crippen molar-refractivity contribution in [3.05, 3.63) is 107 Å². The second kappa shape index (κ2) is 6.32. The molecule has 2 unspecified atom stereocenters. The molecule has 2 aliphatic heterocycles. The van der Waals surface area contributed by atoms with Gasteiger partial charge in [-0.15, -0.1) is 0 Å². The van der Waals surface area contributed by atoms with Crippen molar-refractivity contribution in [3.8, 4) is 0 Å². The lowest BCUT2D eigenvalue weighted by atomic mass is 9.97. The first-order chi connectivity index (χ1) is 13.3. The highest BCUT2D eigenvalue weighted by Crippen LogP contribution is 2.40. The lowest BCUT2D eigenvalue weighted by Gasteiger charge is -2.20. The van der Waals surface area contributed by atoms with Gasteiger partial charge < -0.3 is 0 Å². The molecule has 5 rings (SSSR count). The molecule has 1 amide bonds. The van der Waals surface area contributed by atoms with Crippen molar-refractivity contribution < 1.29 is 4.79 Å².